The van der Waals surface area contributed by atoms with Gasteiger partial charge in [0.15, 0.2) is 5.78 Å². The molecule has 2 amide bonds. The number of hydrogen-bond donors (Lipinski definition) is 2. The van der Waals surface area contributed by atoms with Gasteiger partial charge in [-0.05, 0) is 62.2 Å². The fourth-order valence-corrected chi connectivity index (χ4v) is 8.01. The van der Waals surface area contributed by atoms with Gasteiger partial charge in [0, 0.05) is 33.6 Å². The molecule has 4 aliphatic rings. The van der Waals surface area contributed by atoms with Crippen LogP contribution in [0.2, 0.25) is 10.0 Å². The quantitative estimate of drug-likeness (QED) is 0.439. The number of para-hydroxylation sites is 1. The summed E-state index contributed by atoms with van der Waals surface area (Å²) in [6.07, 6.45) is 1.51. The van der Waals surface area contributed by atoms with Gasteiger partial charge >= 0.3 is 0 Å². The second-order valence-corrected chi connectivity index (χ2v) is 11.3. The Morgan fingerprint density at radius 2 is 1.70 bits per heavy atom. The van der Waals surface area contributed by atoms with Crippen molar-refractivity contribution in [3.8, 4) is 0 Å². The highest BCUT2D eigenvalue weighted by Gasteiger charge is 2.78. The summed E-state index contributed by atoms with van der Waals surface area (Å²) in [5, 5.41) is 6.72. The van der Waals surface area contributed by atoms with Crippen molar-refractivity contribution in [3.63, 3.8) is 0 Å². The number of carbonyl (C=O) groups is 3. The molecule has 4 heterocycles. The monoisotopic (exact) mass is 531 g/mol. The molecule has 4 atom stereocenters. The van der Waals surface area contributed by atoms with E-state index in [9.17, 15) is 14.4 Å². The topological polar surface area (TPSA) is 78.5 Å². The minimum absolute atomic E-state index is 0.199. The van der Waals surface area contributed by atoms with Gasteiger partial charge in [0.1, 0.15) is 11.0 Å². The summed E-state index contributed by atoms with van der Waals surface area (Å²) in [5.41, 5.74) is 1.44. The van der Waals surface area contributed by atoms with E-state index in [0.29, 0.717) is 29.4 Å². The SMILES string of the molecule is Cc1ccc2c(c1)[C@@]1(C(=O)N2)[C@H](C(=O)c2ccc(Cl)cc2Cl)[C@]2(C(=O)Nc3ccccc32)[C@H]2CCCN21. The van der Waals surface area contributed by atoms with E-state index in [1.807, 2.05) is 49.4 Å². The maximum absolute atomic E-state index is 14.8. The summed E-state index contributed by atoms with van der Waals surface area (Å²) in [5.74, 6) is -1.92. The zero-order valence-electron chi connectivity index (χ0n) is 20.0. The Morgan fingerprint density at radius 1 is 0.946 bits per heavy atom. The Hall–Kier alpha value is -3.19. The lowest BCUT2D eigenvalue weighted by Gasteiger charge is -2.38. The third-order valence-electron chi connectivity index (χ3n) is 8.74. The Kier molecular flexibility index (Phi) is 4.76. The smallest absolute Gasteiger partial charge is 0.250 e. The van der Waals surface area contributed by atoms with Crippen LogP contribution in [0, 0.1) is 12.8 Å². The number of nitrogens with one attached hydrogen (secondary N) is 2. The van der Waals surface area contributed by atoms with Crippen LogP contribution in [0.15, 0.2) is 60.7 Å². The van der Waals surface area contributed by atoms with Crippen LogP contribution in [-0.4, -0.2) is 35.1 Å². The molecule has 0 radical (unpaired) electrons. The van der Waals surface area contributed by atoms with Crippen LogP contribution in [0.5, 0.6) is 0 Å². The summed E-state index contributed by atoms with van der Waals surface area (Å²) in [6.45, 7) is 2.56. The maximum atomic E-state index is 14.8. The fourth-order valence-electron chi connectivity index (χ4n) is 7.50. The van der Waals surface area contributed by atoms with E-state index in [4.69, 9.17) is 23.2 Å². The minimum atomic E-state index is -1.36. The van der Waals surface area contributed by atoms with E-state index in [1.165, 1.54) is 6.07 Å². The number of carbonyl (C=O) groups excluding carboxylic acids is 3. The molecule has 6 nitrogen and oxygen atoms in total. The number of nitrogens with zero attached hydrogens (tertiary/aromatic N) is 1. The Morgan fingerprint density at radius 3 is 2.51 bits per heavy atom. The molecule has 0 unspecified atom stereocenters. The van der Waals surface area contributed by atoms with Gasteiger partial charge < -0.3 is 10.6 Å². The second kappa shape index (κ2) is 7.67. The first kappa shape index (κ1) is 23.0. The number of Topliss-reactive ketones (excluding diaryl/α,β-unsaturated/α-hetero) is 1. The number of aryl methyl sites for hydroxylation is 1. The van der Waals surface area contributed by atoms with Gasteiger partial charge in [-0.15, -0.1) is 0 Å². The van der Waals surface area contributed by atoms with Gasteiger partial charge in [-0.1, -0.05) is 59.1 Å². The zero-order chi connectivity index (χ0) is 25.7. The van der Waals surface area contributed by atoms with Gasteiger partial charge in [-0.3, -0.25) is 19.3 Å². The summed E-state index contributed by atoms with van der Waals surface area (Å²) < 4.78 is 0. The fraction of sp³-hybridized carbons (Fsp3) is 0.276. The Bertz CT molecular complexity index is 1560. The number of fused-ring (bicyclic) bond motifs is 7. The van der Waals surface area contributed by atoms with Crippen LogP contribution in [0.25, 0.3) is 0 Å². The van der Waals surface area contributed by atoms with E-state index >= 15 is 0 Å². The number of rotatable bonds is 2. The summed E-state index contributed by atoms with van der Waals surface area (Å²) >= 11 is 12.8. The van der Waals surface area contributed by atoms with Gasteiger partial charge in [0.2, 0.25) is 11.8 Å². The number of benzene rings is 3. The third-order valence-corrected chi connectivity index (χ3v) is 9.29. The van der Waals surface area contributed by atoms with Crippen LogP contribution in [-0.2, 0) is 20.5 Å². The molecule has 0 aliphatic carbocycles. The highest BCUT2D eigenvalue weighted by Crippen LogP contribution is 2.66. The zero-order valence-corrected chi connectivity index (χ0v) is 21.5. The predicted molar refractivity (Wildman–Crippen MR) is 142 cm³/mol. The van der Waals surface area contributed by atoms with E-state index in [-0.39, 0.29) is 34.2 Å². The van der Waals surface area contributed by atoms with Crippen molar-refractivity contribution >= 4 is 52.2 Å². The first-order valence-electron chi connectivity index (χ1n) is 12.4. The highest BCUT2D eigenvalue weighted by molar-refractivity contribution is 6.37. The molecule has 37 heavy (non-hydrogen) atoms. The summed E-state index contributed by atoms with van der Waals surface area (Å²) in [4.78, 5) is 45.4. The Labute approximate surface area is 223 Å². The third kappa shape index (κ3) is 2.68. The van der Waals surface area contributed by atoms with Crippen molar-refractivity contribution in [1.29, 1.82) is 0 Å². The molecule has 0 bridgehead atoms. The number of anilines is 2. The molecule has 0 saturated carbocycles. The molecular formula is C29H23Cl2N3O3. The first-order chi connectivity index (χ1) is 17.8. The Balaban J connectivity index is 1.60. The van der Waals surface area contributed by atoms with Crippen LogP contribution in [0.4, 0.5) is 11.4 Å². The minimum Gasteiger partial charge on any atom is -0.325 e. The first-order valence-corrected chi connectivity index (χ1v) is 13.2. The van der Waals surface area contributed by atoms with Crippen LogP contribution in [0.1, 0.15) is 39.9 Å². The van der Waals surface area contributed by atoms with E-state index < -0.39 is 16.9 Å². The molecule has 3 aromatic rings. The molecule has 8 heteroatoms. The lowest BCUT2D eigenvalue weighted by Crippen LogP contribution is -2.55. The van der Waals surface area contributed by atoms with Crippen molar-refractivity contribution in [2.75, 3.05) is 17.2 Å². The normalized spacial score (nSPS) is 29.4. The molecule has 0 aromatic heterocycles. The molecule has 2 saturated heterocycles. The predicted octanol–water partition coefficient (Wildman–Crippen LogP) is 5.32. The van der Waals surface area contributed by atoms with E-state index in [1.54, 1.807) is 12.1 Å². The number of ketones is 1. The average Bonchev–Trinajstić information content (AvgIpc) is 3.58. The molecular weight excluding hydrogens is 509 g/mol. The number of hydrogen-bond acceptors (Lipinski definition) is 4. The van der Waals surface area contributed by atoms with Gasteiger partial charge in [0.25, 0.3) is 0 Å². The van der Waals surface area contributed by atoms with Crippen molar-refractivity contribution in [1.82, 2.24) is 4.90 Å². The lowest BCUT2D eigenvalue weighted by atomic mass is 9.60. The second-order valence-electron chi connectivity index (χ2n) is 10.4. The molecule has 2 spiro atoms. The average molecular weight is 532 g/mol. The van der Waals surface area contributed by atoms with Crippen LogP contribution < -0.4 is 10.6 Å². The van der Waals surface area contributed by atoms with Crippen molar-refractivity contribution in [2.45, 2.75) is 36.8 Å². The molecule has 2 fully saturated rings. The van der Waals surface area contributed by atoms with Crippen LogP contribution >= 0.6 is 23.2 Å². The maximum Gasteiger partial charge on any atom is 0.250 e. The van der Waals surface area contributed by atoms with Crippen LogP contribution in [0.3, 0.4) is 0 Å². The number of amides is 2. The molecule has 3 aromatic carbocycles. The molecule has 186 valence electrons. The standard InChI is InChI=1S/C29H23Cl2N3O3/c1-15-8-11-22-19(13-15)29(27(37)33-22)25(24(35)17-10-9-16(30)14-20(17)31)28(23-7-4-12-34(23)29)18-5-2-3-6-21(18)32-26(28)36/h2-3,5-6,8-11,13-14,23,25H,4,7,12H2,1H3,(H,32,36)(H,33,37)/t23-,25-,28-,29+/m1/s1. The van der Waals surface area contributed by atoms with E-state index in [0.717, 1.165) is 23.1 Å². The summed E-state index contributed by atoms with van der Waals surface area (Å²) in [7, 11) is 0. The van der Waals surface area contributed by atoms with Gasteiger partial charge in [0.05, 0.1) is 10.9 Å². The lowest BCUT2D eigenvalue weighted by molar-refractivity contribution is -0.128. The summed E-state index contributed by atoms with van der Waals surface area (Å²) in [6, 6.07) is 17.7. The van der Waals surface area contributed by atoms with Crippen molar-refractivity contribution in [3.05, 3.63) is 93.0 Å². The molecule has 2 N–H and O–H groups in total. The van der Waals surface area contributed by atoms with Crippen molar-refractivity contribution < 1.29 is 14.4 Å². The van der Waals surface area contributed by atoms with Gasteiger partial charge in [-0.25, -0.2) is 0 Å². The van der Waals surface area contributed by atoms with Gasteiger partial charge in [-0.2, -0.15) is 0 Å². The van der Waals surface area contributed by atoms with Crippen molar-refractivity contribution in [2.24, 2.45) is 5.92 Å². The number of halogens is 2. The molecule has 4 aliphatic heterocycles. The highest BCUT2D eigenvalue weighted by atomic mass is 35.5. The largest absolute Gasteiger partial charge is 0.325 e. The van der Waals surface area contributed by atoms with E-state index in [2.05, 4.69) is 15.5 Å². The molecule has 7 rings (SSSR count).